The molecule has 24 heavy (non-hydrogen) atoms. The van der Waals surface area contributed by atoms with Crippen LogP contribution in [-0.2, 0) is 11.2 Å². The molecule has 0 amide bonds. The van der Waals surface area contributed by atoms with Crippen molar-refractivity contribution in [2.75, 3.05) is 7.11 Å². The summed E-state index contributed by atoms with van der Waals surface area (Å²) in [6, 6.07) is 11.7. The van der Waals surface area contributed by atoms with E-state index in [1.807, 2.05) is 53.9 Å². The van der Waals surface area contributed by atoms with Crippen molar-refractivity contribution in [3.05, 3.63) is 71.2 Å². The van der Waals surface area contributed by atoms with Gasteiger partial charge in [-0.1, -0.05) is 18.2 Å². The van der Waals surface area contributed by atoms with E-state index in [4.69, 9.17) is 9.84 Å². The van der Waals surface area contributed by atoms with Crippen LogP contribution in [-0.4, -0.2) is 27.6 Å². The van der Waals surface area contributed by atoms with Gasteiger partial charge in [-0.15, -0.1) is 0 Å². The summed E-state index contributed by atoms with van der Waals surface area (Å²) in [5, 5.41) is 8.95. The summed E-state index contributed by atoms with van der Waals surface area (Å²) in [7, 11) is 1.63. The highest BCUT2D eigenvalue weighted by molar-refractivity contribution is 5.85. The first-order valence-corrected chi connectivity index (χ1v) is 7.58. The number of fused-ring (bicyclic) bond motifs is 1. The van der Waals surface area contributed by atoms with Crippen LogP contribution >= 0.6 is 0 Å². The molecule has 0 atom stereocenters. The molecule has 0 aliphatic rings. The zero-order valence-electron chi connectivity index (χ0n) is 13.6. The van der Waals surface area contributed by atoms with Crippen LogP contribution in [0.25, 0.3) is 11.7 Å². The van der Waals surface area contributed by atoms with E-state index in [1.54, 1.807) is 13.2 Å². The molecule has 3 aromatic rings. The van der Waals surface area contributed by atoms with Gasteiger partial charge in [0.05, 0.1) is 18.5 Å². The number of aliphatic carboxylic acids is 1. The number of carbonyl (C=O) groups is 1. The fraction of sp³-hybridized carbons (Fsp3) is 0.158. The average molecular weight is 322 g/mol. The van der Waals surface area contributed by atoms with Gasteiger partial charge in [0.2, 0.25) is 0 Å². The Hall–Kier alpha value is -3.08. The van der Waals surface area contributed by atoms with E-state index in [0.29, 0.717) is 6.42 Å². The van der Waals surface area contributed by atoms with Gasteiger partial charge in [-0.25, -0.2) is 9.78 Å². The molecular formula is C19H18N2O3. The summed E-state index contributed by atoms with van der Waals surface area (Å²) >= 11 is 0. The first kappa shape index (κ1) is 15.8. The van der Waals surface area contributed by atoms with Gasteiger partial charge in [-0.2, -0.15) is 0 Å². The zero-order valence-corrected chi connectivity index (χ0v) is 13.6. The second kappa shape index (κ2) is 6.58. The minimum absolute atomic E-state index is 0.615. The van der Waals surface area contributed by atoms with Crippen molar-refractivity contribution in [2.24, 2.45) is 0 Å². The molecule has 0 aliphatic heterocycles. The third-order valence-electron chi connectivity index (χ3n) is 3.79. The molecule has 5 heteroatoms. The number of benzene rings is 1. The molecule has 0 bridgehead atoms. The Bertz CT molecular complexity index is 908. The lowest BCUT2D eigenvalue weighted by molar-refractivity contribution is -0.131. The quantitative estimate of drug-likeness (QED) is 0.732. The predicted octanol–water partition coefficient (Wildman–Crippen LogP) is 3.34. The summed E-state index contributed by atoms with van der Waals surface area (Å²) in [4.78, 5) is 15.6. The number of carboxylic acids is 1. The minimum atomic E-state index is -0.979. The van der Waals surface area contributed by atoms with Crippen molar-refractivity contribution in [3.63, 3.8) is 0 Å². The maximum atomic E-state index is 10.9. The third-order valence-corrected chi connectivity index (χ3v) is 3.79. The second-order valence-corrected chi connectivity index (χ2v) is 5.57. The highest BCUT2D eigenvalue weighted by atomic mass is 16.5. The Morgan fingerprint density at radius 2 is 2.00 bits per heavy atom. The van der Waals surface area contributed by atoms with Crippen molar-refractivity contribution in [3.8, 4) is 5.75 Å². The fourth-order valence-electron chi connectivity index (χ4n) is 2.61. The molecule has 2 heterocycles. The number of methoxy groups -OCH3 is 1. The van der Waals surface area contributed by atoms with Gasteiger partial charge in [0.25, 0.3) is 0 Å². The molecule has 2 aromatic heterocycles. The Morgan fingerprint density at radius 1 is 1.25 bits per heavy atom. The monoisotopic (exact) mass is 322 g/mol. The summed E-state index contributed by atoms with van der Waals surface area (Å²) in [5.41, 5.74) is 4.59. The molecule has 3 rings (SSSR count). The maximum Gasteiger partial charge on any atom is 0.328 e. The topological polar surface area (TPSA) is 63.8 Å². The lowest BCUT2D eigenvalue weighted by Crippen LogP contribution is -1.95. The van der Waals surface area contributed by atoms with Crippen LogP contribution in [0, 0.1) is 6.92 Å². The first-order chi connectivity index (χ1) is 11.6. The van der Waals surface area contributed by atoms with E-state index in [2.05, 4.69) is 4.98 Å². The lowest BCUT2D eigenvalue weighted by Gasteiger charge is -2.03. The van der Waals surface area contributed by atoms with Gasteiger partial charge in [-0.3, -0.25) is 4.40 Å². The number of pyridine rings is 1. The lowest BCUT2D eigenvalue weighted by atomic mass is 10.1. The highest BCUT2D eigenvalue weighted by Crippen LogP contribution is 2.20. The summed E-state index contributed by atoms with van der Waals surface area (Å²) in [6.45, 7) is 1.99. The first-order valence-electron chi connectivity index (χ1n) is 7.58. The van der Waals surface area contributed by atoms with Gasteiger partial charge in [-0.05, 0) is 42.3 Å². The number of carboxylic acid groups (broad SMARTS) is 1. The van der Waals surface area contributed by atoms with E-state index in [-0.39, 0.29) is 0 Å². The predicted molar refractivity (Wildman–Crippen MR) is 92.4 cm³/mol. The number of imidazole rings is 1. The van der Waals surface area contributed by atoms with E-state index < -0.39 is 5.97 Å². The second-order valence-electron chi connectivity index (χ2n) is 5.57. The van der Waals surface area contributed by atoms with Gasteiger partial charge in [0, 0.05) is 18.7 Å². The fourth-order valence-corrected chi connectivity index (χ4v) is 2.61. The van der Waals surface area contributed by atoms with Crippen LogP contribution in [0.1, 0.15) is 22.5 Å². The van der Waals surface area contributed by atoms with Crippen LogP contribution in [0.2, 0.25) is 0 Å². The van der Waals surface area contributed by atoms with Crippen molar-refractivity contribution in [1.29, 1.82) is 0 Å². The van der Waals surface area contributed by atoms with Crippen LogP contribution < -0.4 is 4.74 Å². The Kier molecular flexibility index (Phi) is 4.33. The number of nitrogens with zero attached hydrogens (tertiary/aromatic N) is 2. The minimum Gasteiger partial charge on any atom is -0.497 e. The highest BCUT2D eigenvalue weighted by Gasteiger charge is 2.11. The third kappa shape index (κ3) is 3.30. The molecule has 5 nitrogen and oxygen atoms in total. The van der Waals surface area contributed by atoms with E-state index >= 15 is 0 Å². The number of hydrogen-bond donors (Lipinski definition) is 1. The molecule has 0 radical (unpaired) electrons. The molecular weight excluding hydrogens is 304 g/mol. The standard InChI is InChI=1S/C19H18N2O3/c1-13-3-9-18-20-16(11-14-4-6-15(24-2)7-5-14)17(21(18)12-13)8-10-19(22)23/h3-10,12H,11H2,1-2H3,(H,22,23)/b10-8+. The van der Waals surface area contributed by atoms with Crippen LogP contribution in [0.5, 0.6) is 5.75 Å². The smallest absolute Gasteiger partial charge is 0.328 e. The van der Waals surface area contributed by atoms with Crippen LogP contribution in [0.15, 0.2) is 48.7 Å². The van der Waals surface area contributed by atoms with Crippen molar-refractivity contribution >= 4 is 17.7 Å². The molecule has 0 spiro atoms. The van der Waals surface area contributed by atoms with Gasteiger partial charge >= 0.3 is 5.97 Å². The van der Waals surface area contributed by atoms with E-state index in [9.17, 15) is 4.79 Å². The van der Waals surface area contributed by atoms with Crippen molar-refractivity contribution in [2.45, 2.75) is 13.3 Å². The van der Waals surface area contributed by atoms with E-state index in [0.717, 1.165) is 40.0 Å². The number of aromatic nitrogens is 2. The molecule has 122 valence electrons. The summed E-state index contributed by atoms with van der Waals surface area (Å²) < 4.78 is 7.10. The molecule has 0 saturated carbocycles. The van der Waals surface area contributed by atoms with Gasteiger partial charge in [0.15, 0.2) is 0 Å². The Labute approximate surface area is 139 Å². The van der Waals surface area contributed by atoms with Crippen molar-refractivity contribution < 1.29 is 14.6 Å². The van der Waals surface area contributed by atoms with E-state index in [1.165, 1.54) is 0 Å². The SMILES string of the molecule is COc1ccc(Cc2nc3ccc(C)cn3c2/C=C/C(=O)O)cc1. The molecule has 1 aromatic carbocycles. The maximum absolute atomic E-state index is 10.9. The molecule has 0 saturated heterocycles. The summed E-state index contributed by atoms with van der Waals surface area (Å²) in [5.74, 6) is -0.177. The Balaban J connectivity index is 2.04. The molecule has 0 aliphatic carbocycles. The Morgan fingerprint density at radius 3 is 2.67 bits per heavy atom. The number of aryl methyl sites for hydroxylation is 1. The molecule has 0 fully saturated rings. The normalized spacial score (nSPS) is 11.2. The van der Waals surface area contributed by atoms with Gasteiger partial charge in [0.1, 0.15) is 11.4 Å². The van der Waals surface area contributed by atoms with Gasteiger partial charge < -0.3 is 9.84 Å². The molecule has 0 unspecified atom stereocenters. The van der Waals surface area contributed by atoms with Crippen LogP contribution in [0.4, 0.5) is 0 Å². The largest absolute Gasteiger partial charge is 0.497 e. The molecule has 1 N–H and O–H groups in total. The summed E-state index contributed by atoms with van der Waals surface area (Å²) in [6.07, 6.45) is 5.31. The zero-order chi connectivity index (χ0) is 17.1. The number of ether oxygens (including phenoxy) is 1. The number of rotatable bonds is 5. The van der Waals surface area contributed by atoms with Crippen LogP contribution in [0.3, 0.4) is 0 Å². The average Bonchev–Trinajstić information content (AvgIpc) is 2.90. The number of hydrogen-bond acceptors (Lipinski definition) is 3. The van der Waals surface area contributed by atoms with Crippen molar-refractivity contribution in [1.82, 2.24) is 9.38 Å².